The number of rotatable bonds is 5. The Morgan fingerprint density at radius 1 is 1.65 bits per heavy atom. The molecule has 0 spiro atoms. The number of hydrogen-bond donors (Lipinski definition) is 3. The largest absolute Gasteiger partial charge is 0.350 e. The van der Waals surface area contributed by atoms with E-state index in [1.54, 1.807) is 6.20 Å². The van der Waals surface area contributed by atoms with E-state index in [1.807, 2.05) is 6.07 Å². The zero-order chi connectivity index (χ0) is 12.1. The molecule has 1 saturated heterocycles. The van der Waals surface area contributed by atoms with E-state index in [0.717, 1.165) is 38.0 Å². The Hall–Kier alpha value is -1.36. The predicted molar refractivity (Wildman–Crippen MR) is 65.3 cm³/mol. The molecule has 0 saturated carbocycles. The molecule has 1 aliphatic rings. The van der Waals surface area contributed by atoms with E-state index in [2.05, 4.69) is 27.8 Å². The van der Waals surface area contributed by atoms with Crippen molar-refractivity contribution in [2.75, 3.05) is 13.1 Å². The smallest absolute Gasteiger partial charge is 0.227 e. The van der Waals surface area contributed by atoms with Gasteiger partial charge in [0.05, 0.1) is 17.7 Å². The van der Waals surface area contributed by atoms with E-state index >= 15 is 0 Å². The van der Waals surface area contributed by atoms with Gasteiger partial charge in [-0.25, -0.2) is 0 Å². The number of carbonyl (C=O) groups excluding carboxylic acids is 1. The van der Waals surface area contributed by atoms with Gasteiger partial charge in [0, 0.05) is 12.7 Å². The topological polar surface area (TPSA) is 69.8 Å². The molecule has 3 N–H and O–H groups in total. The minimum atomic E-state index is -0.200. The lowest BCUT2D eigenvalue weighted by molar-refractivity contribution is -0.130. The number of H-pyrrole nitrogens is 1. The zero-order valence-corrected chi connectivity index (χ0v) is 10.3. The van der Waals surface area contributed by atoms with Crippen LogP contribution in [0, 0.1) is 5.41 Å². The fourth-order valence-corrected chi connectivity index (χ4v) is 2.49. The number of nitrogens with one attached hydrogen (secondary N) is 3. The summed E-state index contributed by atoms with van der Waals surface area (Å²) < 4.78 is 0. The molecule has 5 heteroatoms. The van der Waals surface area contributed by atoms with E-state index in [0.29, 0.717) is 6.54 Å². The van der Waals surface area contributed by atoms with E-state index in [4.69, 9.17) is 0 Å². The van der Waals surface area contributed by atoms with Crippen molar-refractivity contribution in [1.82, 2.24) is 20.8 Å². The monoisotopic (exact) mass is 236 g/mol. The van der Waals surface area contributed by atoms with Gasteiger partial charge in [-0.3, -0.25) is 9.89 Å². The molecule has 0 aliphatic carbocycles. The summed E-state index contributed by atoms with van der Waals surface area (Å²) in [5.41, 5.74) is 0.741. The van der Waals surface area contributed by atoms with Crippen LogP contribution < -0.4 is 10.6 Å². The summed E-state index contributed by atoms with van der Waals surface area (Å²) in [7, 11) is 0. The first-order valence-electron chi connectivity index (χ1n) is 6.24. The molecule has 0 radical (unpaired) electrons. The average molecular weight is 236 g/mol. The summed E-state index contributed by atoms with van der Waals surface area (Å²) in [5, 5.41) is 13.0. The minimum Gasteiger partial charge on any atom is -0.350 e. The second kappa shape index (κ2) is 5.31. The van der Waals surface area contributed by atoms with E-state index < -0.39 is 0 Å². The highest BCUT2D eigenvalue weighted by atomic mass is 16.2. The third-order valence-corrected chi connectivity index (χ3v) is 3.45. The maximum atomic E-state index is 12.3. The zero-order valence-electron chi connectivity index (χ0n) is 10.3. The lowest BCUT2D eigenvalue weighted by Gasteiger charge is -2.26. The Bertz CT molecular complexity index is 355. The standard InChI is InChI=1S/C12H20N4O/c1-2-4-12(5-7-13-9-12)11(17)14-8-10-3-6-15-16-10/h3,6,13H,2,4-5,7-9H2,1H3,(H,14,17)(H,15,16). The van der Waals surface area contributed by atoms with Gasteiger partial charge in [0.2, 0.25) is 5.91 Å². The third kappa shape index (κ3) is 2.66. The van der Waals surface area contributed by atoms with Crippen molar-refractivity contribution in [3.05, 3.63) is 18.0 Å². The predicted octanol–water partition coefficient (Wildman–Crippen LogP) is 0.806. The SMILES string of the molecule is CCCC1(C(=O)NCc2ccn[nH]2)CCNC1. The minimum absolute atomic E-state index is 0.166. The Kier molecular flexibility index (Phi) is 3.78. The summed E-state index contributed by atoms with van der Waals surface area (Å²) in [4.78, 5) is 12.3. The van der Waals surface area contributed by atoms with Crippen molar-refractivity contribution in [2.24, 2.45) is 5.41 Å². The first-order valence-corrected chi connectivity index (χ1v) is 6.24. The molecule has 1 aliphatic heterocycles. The van der Waals surface area contributed by atoms with Crippen molar-refractivity contribution in [3.63, 3.8) is 0 Å². The van der Waals surface area contributed by atoms with Gasteiger partial charge in [-0.05, 0) is 25.5 Å². The van der Waals surface area contributed by atoms with Crippen LogP contribution in [-0.4, -0.2) is 29.2 Å². The molecule has 1 aromatic heterocycles. The van der Waals surface area contributed by atoms with Crippen LogP contribution in [0.1, 0.15) is 31.9 Å². The molecule has 0 bridgehead atoms. The van der Waals surface area contributed by atoms with Gasteiger partial charge >= 0.3 is 0 Å². The summed E-state index contributed by atoms with van der Waals surface area (Å²) in [6.07, 6.45) is 4.63. The third-order valence-electron chi connectivity index (χ3n) is 3.45. The molecule has 1 unspecified atom stereocenters. The average Bonchev–Trinajstić information content (AvgIpc) is 2.97. The molecule has 1 amide bonds. The normalized spacial score (nSPS) is 23.8. The van der Waals surface area contributed by atoms with Crippen LogP contribution in [-0.2, 0) is 11.3 Å². The summed E-state index contributed by atoms with van der Waals surface area (Å²) in [6, 6.07) is 1.87. The molecular weight excluding hydrogens is 216 g/mol. The van der Waals surface area contributed by atoms with Crippen LogP contribution in [0.15, 0.2) is 12.3 Å². The maximum Gasteiger partial charge on any atom is 0.227 e. The van der Waals surface area contributed by atoms with Gasteiger partial charge in [-0.15, -0.1) is 0 Å². The lowest BCUT2D eigenvalue weighted by Crippen LogP contribution is -2.42. The molecule has 5 nitrogen and oxygen atoms in total. The quantitative estimate of drug-likeness (QED) is 0.708. The van der Waals surface area contributed by atoms with Gasteiger partial charge < -0.3 is 10.6 Å². The second-order valence-electron chi connectivity index (χ2n) is 4.72. The molecule has 1 aromatic rings. The van der Waals surface area contributed by atoms with Gasteiger partial charge in [0.1, 0.15) is 0 Å². The van der Waals surface area contributed by atoms with Crippen LogP contribution in [0.2, 0.25) is 0 Å². The number of aromatic amines is 1. The number of hydrogen-bond acceptors (Lipinski definition) is 3. The van der Waals surface area contributed by atoms with Crippen molar-refractivity contribution < 1.29 is 4.79 Å². The maximum absolute atomic E-state index is 12.3. The molecule has 2 heterocycles. The van der Waals surface area contributed by atoms with Crippen molar-refractivity contribution >= 4 is 5.91 Å². The molecule has 0 aromatic carbocycles. The van der Waals surface area contributed by atoms with Gasteiger partial charge in [0.25, 0.3) is 0 Å². The Balaban J connectivity index is 1.92. The fourth-order valence-electron chi connectivity index (χ4n) is 2.49. The summed E-state index contributed by atoms with van der Waals surface area (Å²) in [5.74, 6) is 0.166. The van der Waals surface area contributed by atoms with Crippen LogP contribution in [0.4, 0.5) is 0 Å². The second-order valence-corrected chi connectivity index (χ2v) is 4.72. The first-order chi connectivity index (χ1) is 8.27. The van der Waals surface area contributed by atoms with E-state index in [1.165, 1.54) is 0 Å². The number of nitrogens with zero attached hydrogens (tertiary/aromatic N) is 1. The Morgan fingerprint density at radius 3 is 3.12 bits per heavy atom. The van der Waals surface area contributed by atoms with E-state index in [9.17, 15) is 4.79 Å². The van der Waals surface area contributed by atoms with Crippen molar-refractivity contribution in [1.29, 1.82) is 0 Å². The van der Waals surface area contributed by atoms with Crippen LogP contribution in [0.25, 0.3) is 0 Å². The van der Waals surface area contributed by atoms with Crippen molar-refractivity contribution in [3.8, 4) is 0 Å². The molecule has 94 valence electrons. The summed E-state index contributed by atoms with van der Waals surface area (Å²) >= 11 is 0. The van der Waals surface area contributed by atoms with Gasteiger partial charge in [0.15, 0.2) is 0 Å². The first kappa shape index (κ1) is 12.1. The highest BCUT2D eigenvalue weighted by Crippen LogP contribution is 2.31. The van der Waals surface area contributed by atoms with Gasteiger partial charge in [-0.1, -0.05) is 13.3 Å². The highest BCUT2D eigenvalue weighted by Gasteiger charge is 2.39. The molecule has 2 rings (SSSR count). The van der Waals surface area contributed by atoms with E-state index in [-0.39, 0.29) is 11.3 Å². The Labute approximate surface area is 101 Å². The summed E-state index contributed by atoms with van der Waals surface area (Å²) in [6.45, 7) is 4.40. The number of amides is 1. The molecule has 1 atom stereocenters. The van der Waals surface area contributed by atoms with Crippen molar-refractivity contribution in [2.45, 2.75) is 32.7 Å². The number of aromatic nitrogens is 2. The number of carbonyl (C=O) groups is 1. The molecule has 17 heavy (non-hydrogen) atoms. The van der Waals surface area contributed by atoms with Crippen LogP contribution >= 0.6 is 0 Å². The lowest BCUT2D eigenvalue weighted by atomic mass is 9.81. The van der Waals surface area contributed by atoms with Crippen LogP contribution in [0.3, 0.4) is 0 Å². The highest BCUT2D eigenvalue weighted by molar-refractivity contribution is 5.83. The fraction of sp³-hybridized carbons (Fsp3) is 0.667. The van der Waals surface area contributed by atoms with Gasteiger partial charge in [-0.2, -0.15) is 5.10 Å². The molecule has 1 fully saturated rings. The van der Waals surface area contributed by atoms with Crippen LogP contribution in [0.5, 0.6) is 0 Å². The molecular formula is C12H20N4O. The Morgan fingerprint density at radius 2 is 2.53 bits per heavy atom.